The average Bonchev–Trinajstić information content (AvgIpc) is 3.02. The van der Waals surface area contributed by atoms with Crippen molar-refractivity contribution >= 4 is 11.9 Å². The van der Waals surface area contributed by atoms with Crippen molar-refractivity contribution in [2.75, 3.05) is 6.79 Å². The van der Waals surface area contributed by atoms with Crippen molar-refractivity contribution in [1.82, 2.24) is 0 Å². The summed E-state index contributed by atoms with van der Waals surface area (Å²) in [6.07, 6.45) is 2.68. The van der Waals surface area contributed by atoms with E-state index in [1.807, 2.05) is 0 Å². The second-order valence-corrected chi connectivity index (χ2v) is 2.94. The molecular weight excluding hydrogens is 228 g/mol. The summed E-state index contributed by atoms with van der Waals surface area (Å²) in [5, 5.41) is 0. The van der Waals surface area contributed by atoms with Crippen molar-refractivity contribution in [3.05, 3.63) is 48.3 Å². The minimum absolute atomic E-state index is 0.0408. The second kappa shape index (κ2) is 5.02. The summed E-state index contributed by atoms with van der Waals surface area (Å²) in [6, 6.07) is 5.98. The van der Waals surface area contributed by atoms with Crippen molar-refractivity contribution in [2.24, 2.45) is 0 Å². The minimum Gasteiger partial charge on any atom is -0.457 e. The lowest BCUT2D eigenvalue weighted by atomic mass is 10.5. The molecule has 88 valence electrons. The number of hydrogen-bond donors (Lipinski definition) is 0. The number of esters is 2. The summed E-state index contributed by atoms with van der Waals surface area (Å²) >= 11 is 0. The van der Waals surface area contributed by atoms with E-state index in [0.717, 1.165) is 0 Å². The molecule has 0 saturated carbocycles. The van der Waals surface area contributed by atoms with Crippen LogP contribution in [-0.2, 0) is 9.47 Å². The largest absolute Gasteiger partial charge is 0.457 e. The summed E-state index contributed by atoms with van der Waals surface area (Å²) in [5.74, 6) is -1.33. The molecule has 0 radical (unpaired) electrons. The molecule has 6 nitrogen and oxygen atoms in total. The molecule has 0 atom stereocenters. The molecule has 0 saturated heterocycles. The van der Waals surface area contributed by atoms with Crippen LogP contribution >= 0.6 is 0 Å². The first-order chi connectivity index (χ1) is 8.27. The summed E-state index contributed by atoms with van der Waals surface area (Å²) < 4.78 is 18.9. The number of rotatable bonds is 4. The maximum Gasteiger partial charge on any atom is 0.377 e. The molecule has 0 N–H and O–H groups in total. The lowest BCUT2D eigenvalue weighted by Gasteiger charge is -2.02. The molecule has 0 spiro atoms. The van der Waals surface area contributed by atoms with E-state index in [4.69, 9.17) is 8.83 Å². The lowest BCUT2D eigenvalue weighted by Crippen LogP contribution is -2.12. The second-order valence-electron chi connectivity index (χ2n) is 2.94. The molecule has 0 aliphatic carbocycles. The Balaban J connectivity index is 1.77. The Morgan fingerprint density at radius 1 is 0.941 bits per heavy atom. The van der Waals surface area contributed by atoms with Crippen LogP contribution in [0.2, 0.25) is 0 Å². The predicted octanol–water partition coefficient (Wildman–Crippen LogP) is 1.84. The highest BCUT2D eigenvalue weighted by Crippen LogP contribution is 2.04. The van der Waals surface area contributed by atoms with Crippen LogP contribution in [0.4, 0.5) is 0 Å². The van der Waals surface area contributed by atoms with Crippen molar-refractivity contribution in [1.29, 1.82) is 0 Å². The fraction of sp³-hybridized carbons (Fsp3) is 0.0909. The SMILES string of the molecule is O=C(OCOC(=O)c1ccco1)c1ccco1. The van der Waals surface area contributed by atoms with E-state index in [0.29, 0.717) is 0 Å². The minimum atomic E-state index is -0.706. The van der Waals surface area contributed by atoms with Gasteiger partial charge >= 0.3 is 11.9 Å². The molecule has 17 heavy (non-hydrogen) atoms. The van der Waals surface area contributed by atoms with E-state index in [1.165, 1.54) is 24.7 Å². The number of carbonyl (C=O) groups is 2. The quantitative estimate of drug-likeness (QED) is 0.595. The van der Waals surface area contributed by atoms with Gasteiger partial charge in [0.25, 0.3) is 0 Å². The van der Waals surface area contributed by atoms with Gasteiger partial charge in [-0.25, -0.2) is 9.59 Å². The number of ether oxygens (including phenoxy) is 2. The van der Waals surface area contributed by atoms with Crippen LogP contribution in [0.3, 0.4) is 0 Å². The fourth-order valence-electron chi connectivity index (χ4n) is 1.07. The molecule has 0 fully saturated rings. The first kappa shape index (κ1) is 11.0. The summed E-state index contributed by atoms with van der Waals surface area (Å²) in [5.41, 5.74) is 0. The van der Waals surface area contributed by atoms with Crippen LogP contribution in [0, 0.1) is 0 Å². The Morgan fingerprint density at radius 2 is 1.41 bits per heavy atom. The Kier molecular flexibility index (Phi) is 3.25. The monoisotopic (exact) mass is 236 g/mol. The van der Waals surface area contributed by atoms with E-state index in [2.05, 4.69) is 9.47 Å². The lowest BCUT2D eigenvalue weighted by molar-refractivity contribution is -0.0203. The molecule has 2 heterocycles. The topological polar surface area (TPSA) is 78.9 Å². The molecule has 0 amide bonds. The Hall–Kier alpha value is -2.50. The molecule has 2 aromatic heterocycles. The molecule has 0 bridgehead atoms. The molecule has 0 aliphatic heterocycles. The third kappa shape index (κ3) is 2.75. The first-order valence-corrected chi connectivity index (χ1v) is 4.68. The van der Waals surface area contributed by atoms with E-state index in [-0.39, 0.29) is 11.5 Å². The van der Waals surface area contributed by atoms with E-state index in [9.17, 15) is 9.59 Å². The number of carbonyl (C=O) groups excluding carboxylic acids is 2. The van der Waals surface area contributed by atoms with Crippen molar-refractivity contribution in [3.8, 4) is 0 Å². The van der Waals surface area contributed by atoms with Crippen molar-refractivity contribution < 1.29 is 27.9 Å². The van der Waals surface area contributed by atoms with Gasteiger partial charge in [0.05, 0.1) is 12.5 Å². The van der Waals surface area contributed by atoms with Gasteiger partial charge in [0.15, 0.2) is 0 Å². The smallest absolute Gasteiger partial charge is 0.377 e. The zero-order valence-electron chi connectivity index (χ0n) is 8.62. The van der Waals surface area contributed by atoms with Crippen LogP contribution < -0.4 is 0 Å². The standard InChI is InChI=1S/C11H8O6/c12-10(8-3-1-5-14-8)16-7-17-11(13)9-4-2-6-15-9/h1-6H,7H2. The first-order valence-electron chi connectivity index (χ1n) is 4.68. The predicted molar refractivity (Wildman–Crippen MR) is 53.1 cm³/mol. The van der Waals surface area contributed by atoms with E-state index >= 15 is 0 Å². The zero-order chi connectivity index (χ0) is 12.1. The maximum atomic E-state index is 11.2. The van der Waals surface area contributed by atoms with Gasteiger partial charge in [-0.3, -0.25) is 0 Å². The molecule has 2 rings (SSSR count). The third-order valence-electron chi connectivity index (χ3n) is 1.82. The van der Waals surface area contributed by atoms with Gasteiger partial charge in [0.2, 0.25) is 18.3 Å². The van der Waals surface area contributed by atoms with Crippen LogP contribution in [0.5, 0.6) is 0 Å². The highest BCUT2D eigenvalue weighted by Gasteiger charge is 2.13. The molecule has 0 aromatic carbocycles. The number of furan rings is 2. The van der Waals surface area contributed by atoms with Gasteiger partial charge < -0.3 is 18.3 Å². The fourth-order valence-corrected chi connectivity index (χ4v) is 1.07. The highest BCUT2D eigenvalue weighted by atomic mass is 16.7. The van der Waals surface area contributed by atoms with Gasteiger partial charge in [0, 0.05) is 0 Å². The van der Waals surface area contributed by atoms with Gasteiger partial charge in [-0.15, -0.1) is 0 Å². The average molecular weight is 236 g/mol. The van der Waals surface area contributed by atoms with Gasteiger partial charge in [0.1, 0.15) is 0 Å². The summed E-state index contributed by atoms with van der Waals surface area (Å²) in [7, 11) is 0. The Morgan fingerprint density at radius 3 is 1.76 bits per heavy atom. The maximum absolute atomic E-state index is 11.2. The van der Waals surface area contributed by atoms with Gasteiger partial charge in [-0.05, 0) is 24.3 Å². The normalized spacial score (nSPS) is 9.88. The number of hydrogen-bond acceptors (Lipinski definition) is 6. The van der Waals surface area contributed by atoms with Crippen molar-refractivity contribution in [2.45, 2.75) is 0 Å². The molecule has 0 aliphatic rings. The molecule has 0 unspecified atom stereocenters. The molecular formula is C11H8O6. The highest BCUT2D eigenvalue weighted by molar-refractivity contribution is 5.87. The van der Waals surface area contributed by atoms with Crippen LogP contribution in [0.1, 0.15) is 21.1 Å². The van der Waals surface area contributed by atoms with Crippen molar-refractivity contribution in [3.63, 3.8) is 0 Å². The summed E-state index contributed by atoms with van der Waals surface area (Å²) in [6.45, 7) is -0.501. The van der Waals surface area contributed by atoms with Crippen LogP contribution in [-0.4, -0.2) is 18.7 Å². The van der Waals surface area contributed by atoms with E-state index in [1.54, 1.807) is 12.1 Å². The Bertz CT molecular complexity index is 436. The Labute approximate surface area is 95.7 Å². The third-order valence-corrected chi connectivity index (χ3v) is 1.82. The van der Waals surface area contributed by atoms with Crippen LogP contribution in [0.15, 0.2) is 45.6 Å². The summed E-state index contributed by atoms with van der Waals surface area (Å²) in [4.78, 5) is 22.5. The van der Waals surface area contributed by atoms with Gasteiger partial charge in [-0.1, -0.05) is 0 Å². The molecule has 6 heteroatoms. The van der Waals surface area contributed by atoms with Gasteiger partial charge in [-0.2, -0.15) is 0 Å². The molecule has 2 aromatic rings. The van der Waals surface area contributed by atoms with E-state index < -0.39 is 18.7 Å². The zero-order valence-corrected chi connectivity index (χ0v) is 8.62. The van der Waals surface area contributed by atoms with Crippen LogP contribution in [0.25, 0.3) is 0 Å².